The summed E-state index contributed by atoms with van der Waals surface area (Å²) >= 11 is 0. The molecule has 0 spiro atoms. The van der Waals surface area contributed by atoms with E-state index in [9.17, 15) is 13.6 Å². The molecule has 1 aliphatic carbocycles. The van der Waals surface area contributed by atoms with Gasteiger partial charge in [0.1, 0.15) is 0 Å². The van der Waals surface area contributed by atoms with Crippen molar-refractivity contribution in [3.63, 3.8) is 0 Å². The van der Waals surface area contributed by atoms with Gasteiger partial charge in [-0.1, -0.05) is 36.9 Å². The van der Waals surface area contributed by atoms with Crippen LogP contribution in [0.5, 0.6) is 11.5 Å². The summed E-state index contributed by atoms with van der Waals surface area (Å²) in [7, 11) is 0. The van der Waals surface area contributed by atoms with E-state index in [0.29, 0.717) is 37.9 Å². The Morgan fingerprint density at radius 3 is 2.65 bits per heavy atom. The molecule has 1 saturated heterocycles. The van der Waals surface area contributed by atoms with Crippen molar-refractivity contribution in [1.82, 2.24) is 14.9 Å². The Labute approximate surface area is 214 Å². The zero-order chi connectivity index (χ0) is 25.8. The number of anilines is 1. The molecule has 0 unspecified atom stereocenters. The highest BCUT2D eigenvalue weighted by Crippen LogP contribution is 2.37. The fourth-order valence-corrected chi connectivity index (χ4v) is 4.60. The van der Waals surface area contributed by atoms with Gasteiger partial charge < -0.3 is 24.3 Å². The van der Waals surface area contributed by atoms with Gasteiger partial charge in [0, 0.05) is 43.3 Å². The summed E-state index contributed by atoms with van der Waals surface area (Å²) in [6.45, 7) is 3.46. The maximum absolute atomic E-state index is 13.3. The van der Waals surface area contributed by atoms with Crippen molar-refractivity contribution in [1.29, 1.82) is 0 Å². The Morgan fingerprint density at radius 2 is 1.95 bits per heavy atom. The second-order valence-corrected chi connectivity index (χ2v) is 9.46. The van der Waals surface area contributed by atoms with E-state index in [2.05, 4.69) is 21.4 Å². The smallest absolute Gasteiger partial charge is 0.387 e. The van der Waals surface area contributed by atoms with Gasteiger partial charge >= 0.3 is 6.61 Å². The first kappa shape index (κ1) is 24.8. The number of ether oxygens (including phenoxy) is 2. The molecule has 2 heterocycles. The number of hydrogen-bond acceptors (Lipinski definition) is 5. The number of rotatable bonds is 10. The van der Waals surface area contributed by atoms with Crippen molar-refractivity contribution in [3.8, 4) is 11.5 Å². The number of nitrogens with one attached hydrogen (secondary N) is 1. The summed E-state index contributed by atoms with van der Waals surface area (Å²) in [5, 5.41) is 0. The number of amides is 1. The predicted octanol–water partition coefficient (Wildman–Crippen LogP) is 4.77. The van der Waals surface area contributed by atoms with Crippen molar-refractivity contribution in [2.24, 2.45) is 5.92 Å². The maximum Gasteiger partial charge on any atom is 0.387 e. The monoisotopic (exact) mass is 508 g/mol. The maximum atomic E-state index is 13.3. The van der Waals surface area contributed by atoms with Crippen LogP contribution in [0.3, 0.4) is 0 Å². The number of benzene rings is 2. The number of aromatic amines is 1. The molecule has 1 N–H and O–H groups in total. The standard InChI is InChI=1S/C28H30F2N4O3/c1-19(21-5-3-2-4-6-21)24-16-33(11-12-34(24)27(35)13-22-15-31-18-32-22)23-9-10-25(37-28(29)30)26(14-23)36-17-20-7-8-20/h2-6,9-10,14-15,18,20,24,28H,1,7-8,11-13,16-17H2,(H,31,32)/t24-/m1/s1. The molecule has 1 amide bonds. The molecule has 2 fully saturated rings. The first-order chi connectivity index (χ1) is 18.0. The summed E-state index contributed by atoms with van der Waals surface area (Å²) in [6, 6.07) is 14.6. The first-order valence-electron chi connectivity index (χ1n) is 12.5. The van der Waals surface area contributed by atoms with Gasteiger partial charge in [-0.3, -0.25) is 4.79 Å². The van der Waals surface area contributed by atoms with Crippen molar-refractivity contribution in [3.05, 3.63) is 78.9 Å². The average molecular weight is 509 g/mol. The molecular weight excluding hydrogens is 478 g/mol. The van der Waals surface area contributed by atoms with Gasteiger partial charge in [-0.05, 0) is 42.0 Å². The Kier molecular flexibility index (Phi) is 7.39. The van der Waals surface area contributed by atoms with E-state index >= 15 is 0 Å². The van der Waals surface area contributed by atoms with E-state index in [0.717, 1.165) is 35.4 Å². The highest BCUT2D eigenvalue weighted by molar-refractivity contribution is 5.83. The lowest BCUT2D eigenvalue weighted by molar-refractivity contribution is -0.132. The Balaban J connectivity index is 1.39. The summed E-state index contributed by atoms with van der Waals surface area (Å²) < 4.78 is 36.5. The molecule has 194 valence electrons. The number of H-pyrrole nitrogens is 1. The van der Waals surface area contributed by atoms with E-state index in [4.69, 9.17) is 9.47 Å². The van der Waals surface area contributed by atoms with Gasteiger partial charge in [-0.2, -0.15) is 8.78 Å². The largest absolute Gasteiger partial charge is 0.489 e. The zero-order valence-electron chi connectivity index (χ0n) is 20.5. The molecule has 37 heavy (non-hydrogen) atoms. The van der Waals surface area contributed by atoms with Crippen LogP contribution in [0.15, 0.2) is 67.6 Å². The quantitative estimate of drug-likeness (QED) is 0.427. The minimum atomic E-state index is -2.93. The van der Waals surface area contributed by atoms with Crippen LogP contribution in [-0.4, -0.2) is 59.7 Å². The summed E-state index contributed by atoms with van der Waals surface area (Å²) in [5.41, 5.74) is 3.37. The molecule has 1 atom stereocenters. The fraction of sp³-hybridized carbons (Fsp3) is 0.357. The highest BCUT2D eigenvalue weighted by atomic mass is 19.3. The van der Waals surface area contributed by atoms with E-state index in [-0.39, 0.29) is 24.1 Å². The number of carbonyl (C=O) groups excluding carboxylic acids is 1. The summed E-state index contributed by atoms with van der Waals surface area (Å²) in [5.74, 6) is 0.782. The average Bonchev–Trinajstić information content (AvgIpc) is 3.61. The van der Waals surface area contributed by atoms with E-state index in [1.54, 1.807) is 24.7 Å². The SMILES string of the molecule is C=C(c1ccccc1)[C@H]1CN(c2ccc(OC(F)F)c(OCC3CC3)c2)CCN1C(=O)Cc1cnc[nH]1. The highest BCUT2D eigenvalue weighted by Gasteiger charge is 2.33. The van der Waals surface area contributed by atoms with Gasteiger partial charge in [0.05, 0.1) is 25.4 Å². The lowest BCUT2D eigenvalue weighted by atomic mass is 9.96. The van der Waals surface area contributed by atoms with E-state index in [1.165, 1.54) is 6.07 Å². The van der Waals surface area contributed by atoms with Crippen LogP contribution in [0.4, 0.5) is 14.5 Å². The number of halogens is 2. The Morgan fingerprint density at radius 1 is 1.14 bits per heavy atom. The van der Waals surface area contributed by atoms with Crippen molar-refractivity contribution >= 4 is 17.2 Å². The van der Waals surface area contributed by atoms with Gasteiger partial charge in [0.25, 0.3) is 0 Å². The Bertz CT molecular complexity index is 1220. The first-order valence-corrected chi connectivity index (χ1v) is 12.5. The molecule has 9 heteroatoms. The fourth-order valence-electron chi connectivity index (χ4n) is 4.60. The number of nitrogens with zero attached hydrogens (tertiary/aromatic N) is 3. The molecule has 3 aromatic rings. The van der Waals surface area contributed by atoms with Crippen LogP contribution in [0.2, 0.25) is 0 Å². The van der Waals surface area contributed by atoms with Gasteiger partial charge in [-0.25, -0.2) is 4.98 Å². The number of hydrogen-bond donors (Lipinski definition) is 1. The molecule has 0 radical (unpaired) electrons. The molecule has 1 aromatic heterocycles. The molecule has 1 aliphatic heterocycles. The number of aromatic nitrogens is 2. The van der Waals surface area contributed by atoms with Crippen LogP contribution in [0.1, 0.15) is 24.1 Å². The number of imidazole rings is 1. The third-order valence-corrected chi connectivity index (χ3v) is 6.82. The lowest BCUT2D eigenvalue weighted by Gasteiger charge is -2.43. The minimum Gasteiger partial charge on any atom is -0.489 e. The van der Waals surface area contributed by atoms with Crippen molar-refractivity contribution < 1.29 is 23.0 Å². The molecule has 1 saturated carbocycles. The van der Waals surface area contributed by atoms with E-state index in [1.807, 2.05) is 35.2 Å². The van der Waals surface area contributed by atoms with Gasteiger partial charge in [0.15, 0.2) is 11.5 Å². The Hall–Kier alpha value is -3.88. The molecular formula is C28H30F2N4O3. The van der Waals surface area contributed by atoms with Crippen molar-refractivity contribution in [2.75, 3.05) is 31.1 Å². The molecule has 0 bridgehead atoms. The number of alkyl halides is 2. The zero-order valence-corrected chi connectivity index (χ0v) is 20.5. The minimum absolute atomic E-state index is 0.0138. The van der Waals surface area contributed by atoms with Crippen molar-refractivity contribution in [2.45, 2.75) is 31.9 Å². The normalized spacial score (nSPS) is 17.6. The molecule has 5 rings (SSSR count). The molecule has 7 nitrogen and oxygen atoms in total. The third kappa shape index (κ3) is 6.10. The number of carbonyl (C=O) groups is 1. The number of piperazine rings is 1. The summed E-state index contributed by atoms with van der Waals surface area (Å²) in [4.78, 5) is 24.3. The van der Waals surface area contributed by atoms with Crippen LogP contribution in [-0.2, 0) is 11.2 Å². The second-order valence-electron chi connectivity index (χ2n) is 9.46. The predicted molar refractivity (Wildman–Crippen MR) is 137 cm³/mol. The van der Waals surface area contributed by atoms with Crippen LogP contribution >= 0.6 is 0 Å². The van der Waals surface area contributed by atoms with E-state index < -0.39 is 6.61 Å². The molecule has 2 aromatic carbocycles. The van der Waals surface area contributed by atoms with Crippen LogP contribution in [0.25, 0.3) is 5.57 Å². The third-order valence-electron chi connectivity index (χ3n) is 6.82. The van der Waals surface area contributed by atoms with Crippen LogP contribution in [0, 0.1) is 5.92 Å². The lowest BCUT2D eigenvalue weighted by Crippen LogP contribution is -2.56. The molecule has 2 aliphatic rings. The van der Waals surface area contributed by atoms with Gasteiger partial charge in [-0.15, -0.1) is 0 Å². The van der Waals surface area contributed by atoms with Gasteiger partial charge in [0.2, 0.25) is 5.91 Å². The second kappa shape index (κ2) is 11.0. The summed E-state index contributed by atoms with van der Waals surface area (Å²) in [6.07, 6.45) is 5.61. The topological polar surface area (TPSA) is 70.7 Å². The van der Waals surface area contributed by atoms with Crippen LogP contribution < -0.4 is 14.4 Å².